The van der Waals surface area contributed by atoms with E-state index in [1.807, 2.05) is 0 Å². The largest absolute Gasteiger partial charge is 0.458 e. The highest BCUT2D eigenvalue weighted by Crippen LogP contribution is 2.48. The number of halogens is 9. The van der Waals surface area contributed by atoms with E-state index in [0.717, 1.165) is 0 Å². The third-order valence-corrected chi connectivity index (χ3v) is 2.30. The van der Waals surface area contributed by atoms with Gasteiger partial charge in [0.1, 0.15) is 4.60 Å². The molecule has 0 amide bonds. The Morgan fingerprint density at radius 3 is 1.78 bits per heavy atom. The summed E-state index contributed by atoms with van der Waals surface area (Å²) in [4.78, 5) is 2.97. The molecule has 0 N–H and O–H groups in total. The Bertz CT molecular complexity index is 449. The molecule has 0 aliphatic heterocycles. The molecule has 0 spiro atoms. The van der Waals surface area contributed by atoms with Gasteiger partial charge in [-0.15, -0.1) is 0 Å². The summed E-state index contributed by atoms with van der Waals surface area (Å²) in [5.74, 6) is -5.63. The minimum atomic E-state index is -6.14. The first-order valence-corrected chi connectivity index (χ1v) is 4.84. The van der Waals surface area contributed by atoms with Gasteiger partial charge in [0.2, 0.25) is 0 Å². The van der Waals surface area contributed by atoms with E-state index >= 15 is 0 Å². The standard InChI is InChI=1S/C8H2BrF8N/c9-5-1-3(7(12,13)14)4(2-18-5)6(10,11)8(15,16)17/h1-2H. The molecule has 0 saturated carbocycles. The number of pyridine rings is 1. The molecule has 10 heteroatoms. The number of aromatic nitrogens is 1. The lowest BCUT2D eigenvalue weighted by Gasteiger charge is -2.23. The third-order valence-electron chi connectivity index (χ3n) is 1.87. The predicted octanol–water partition coefficient (Wildman–Crippen LogP) is 4.52. The molecule has 0 aliphatic carbocycles. The Hall–Kier alpha value is -0.930. The molecule has 1 nitrogen and oxygen atoms in total. The van der Waals surface area contributed by atoms with Crippen molar-refractivity contribution in [2.75, 3.05) is 0 Å². The molecule has 102 valence electrons. The fourth-order valence-corrected chi connectivity index (χ4v) is 1.40. The zero-order valence-electron chi connectivity index (χ0n) is 8.00. The van der Waals surface area contributed by atoms with Crippen molar-refractivity contribution >= 4 is 15.9 Å². The maximum atomic E-state index is 12.9. The van der Waals surface area contributed by atoms with Crippen LogP contribution in [0.5, 0.6) is 0 Å². The second-order valence-electron chi connectivity index (χ2n) is 3.12. The van der Waals surface area contributed by atoms with Crippen LogP contribution < -0.4 is 0 Å². The first kappa shape index (κ1) is 15.1. The van der Waals surface area contributed by atoms with Crippen LogP contribution in [-0.2, 0) is 12.1 Å². The van der Waals surface area contributed by atoms with Gasteiger partial charge in [0, 0.05) is 6.20 Å². The summed E-state index contributed by atoms with van der Waals surface area (Å²) in [6.45, 7) is 0. The average Bonchev–Trinajstić information content (AvgIpc) is 2.13. The predicted molar refractivity (Wildman–Crippen MR) is 46.9 cm³/mol. The Labute approximate surface area is 103 Å². The molecular weight excluding hydrogens is 342 g/mol. The van der Waals surface area contributed by atoms with Crippen molar-refractivity contribution in [2.24, 2.45) is 0 Å². The van der Waals surface area contributed by atoms with Crippen molar-refractivity contribution in [3.05, 3.63) is 28.0 Å². The molecule has 0 aliphatic rings. The minimum Gasteiger partial charge on any atom is -0.249 e. The van der Waals surface area contributed by atoms with Gasteiger partial charge >= 0.3 is 18.3 Å². The average molecular weight is 344 g/mol. The molecule has 1 aromatic heterocycles. The van der Waals surface area contributed by atoms with Gasteiger partial charge in [-0.3, -0.25) is 0 Å². The van der Waals surface area contributed by atoms with Gasteiger partial charge < -0.3 is 0 Å². The van der Waals surface area contributed by atoms with Gasteiger partial charge in [-0.1, -0.05) is 0 Å². The SMILES string of the molecule is FC(F)(F)c1cc(Br)ncc1C(F)(F)C(F)(F)F. The summed E-state index contributed by atoms with van der Waals surface area (Å²) in [7, 11) is 0. The highest BCUT2D eigenvalue weighted by Gasteiger charge is 2.61. The summed E-state index contributed by atoms with van der Waals surface area (Å²) in [6.07, 6.45) is -11.6. The van der Waals surface area contributed by atoms with Crippen LogP contribution >= 0.6 is 15.9 Å². The second-order valence-corrected chi connectivity index (χ2v) is 3.93. The van der Waals surface area contributed by atoms with E-state index in [-0.39, 0.29) is 12.3 Å². The number of alkyl halides is 8. The van der Waals surface area contributed by atoms with E-state index in [1.165, 1.54) is 0 Å². The van der Waals surface area contributed by atoms with Gasteiger partial charge in [0.15, 0.2) is 0 Å². The molecule has 0 bridgehead atoms. The summed E-state index contributed by atoms with van der Waals surface area (Å²) < 4.78 is 98.6. The van der Waals surface area contributed by atoms with Gasteiger partial charge in [-0.05, 0) is 22.0 Å². The molecule has 1 heterocycles. The van der Waals surface area contributed by atoms with Gasteiger partial charge in [-0.2, -0.15) is 35.1 Å². The smallest absolute Gasteiger partial charge is 0.249 e. The first-order chi connectivity index (χ1) is 7.87. The van der Waals surface area contributed by atoms with Gasteiger partial charge in [0.05, 0.1) is 11.1 Å². The fourth-order valence-electron chi connectivity index (χ4n) is 1.07. The van der Waals surface area contributed by atoms with E-state index in [9.17, 15) is 35.1 Å². The number of nitrogens with zero attached hydrogens (tertiary/aromatic N) is 1. The Morgan fingerprint density at radius 1 is 0.889 bits per heavy atom. The van der Waals surface area contributed by atoms with Gasteiger partial charge in [-0.25, -0.2) is 4.98 Å². The van der Waals surface area contributed by atoms with Crippen LogP contribution in [0, 0.1) is 0 Å². The Morgan fingerprint density at radius 2 is 1.39 bits per heavy atom. The van der Waals surface area contributed by atoms with Crippen LogP contribution in [0.15, 0.2) is 16.9 Å². The number of hydrogen-bond donors (Lipinski definition) is 0. The molecule has 0 unspecified atom stereocenters. The number of rotatable bonds is 1. The lowest BCUT2D eigenvalue weighted by molar-refractivity contribution is -0.291. The highest BCUT2D eigenvalue weighted by molar-refractivity contribution is 9.10. The molecule has 0 atom stereocenters. The summed E-state index contributed by atoms with van der Waals surface area (Å²) in [5.41, 5.74) is -4.32. The van der Waals surface area contributed by atoms with Crippen molar-refractivity contribution in [2.45, 2.75) is 18.3 Å². The van der Waals surface area contributed by atoms with E-state index in [2.05, 4.69) is 20.9 Å². The van der Waals surface area contributed by atoms with E-state index in [1.54, 1.807) is 0 Å². The summed E-state index contributed by atoms with van der Waals surface area (Å²) >= 11 is 2.47. The lowest BCUT2D eigenvalue weighted by Crippen LogP contribution is -2.35. The third kappa shape index (κ3) is 2.73. The van der Waals surface area contributed by atoms with Crippen LogP contribution in [0.1, 0.15) is 11.1 Å². The molecule has 1 aromatic rings. The maximum absolute atomic E-state index is 12.9. The van der Waals surface area contributed by atoms with Crippen molar-refractivity contribution in [3.8, 4) is 0 Å². The lowest BCUT2D eigenvalue weighted by atomic mass is 10.0. The summed E-state index contributed by atoms with van der Waals surface area (Å²) in [6, 6.07) is 0.0645. The zero-order valence-corrected chi connectivity index (χ0v) is 9.59. The first-order valence-electron chi connectivity index (χ1n) is 4.05. The zero-order chi connectivity index (χ0) is 14.4. The molecule has 0 radical (unpaired) electrons. The number of hydrogen-bond acceptors (Lipinski definition) is 1. The Balaban J connectivity index is 3.52. The normalized spacial score (nSPS) is 13.8. The van der Waals surface area contributed by atoms with Crippen molar-refractivity contribution in [3.63, 3.8) is 0 Å². The highest BCUT2D eigenvalue weighted by atomic mass is 79.9. The van der Waals surface area contributed by atoms with Crippen molar-refractivity contribution in [1.82, 2.24) is 4.98 Å². The van der Waals surface area contributed by atoms with Crippen LogP contribution in [0.3, 0.4) is 0 Å². The van der Waals surface area contributed by atoms with Crippen molar-refractivity contribution in [1.29, 1.82) is 0 Å². The maximum Gasteiger partial charge on any atom is 0.458 e. The summed E-state index contributed by atoms with van der Waals surface area (Å²) in [5, 5.41) is 0. The monoisotopic (exact) mass is 343 g/mol. The molecule has 1 rings (SSSR count). The molecule has 0 fully saturated rings. The Kier molecular flexibility index (Phi) is 3.63. The van der Waals surface area contributed by atoms with Gasteiger partial charge in [0.25, 0.3) is 0 Å². The van der Waals surface area contributed by atoms with E-state index in [4.69, 9.17) is 0 Å². The van der Waals surface area contributed by atoms with E-state index in [0.29, 0.717) is 0 Å². The second kappa shape index (κ2) is 4.32. The molecule has 0 saturated heterocycles. The minimum absolute atomic E-state index is 0.0645. The van der Waals surface area contributed by atoms with Crippen LogP contribution in [0.25, 0.3) is 0 Å². The fraction of sp³-hybridized carbons (Fsp3) is 0.375. The topological polar surface area (TPSA) is 12.9 Å². The molecule has 18 heavy (non-hydrogen) atoms. The quantitative estimate of drug-likeness (QED) is 0.539. The van der Waals surface area contributed by atoms with E-state index < -0.39 is 34.0 Å². The van der Waals surface area contributed by atoms with Crippen LogP contribution in [0.4, 0.5) is 35.1 Å². The molecular formula is C8H2BrF8N. The van der Waals surface area contributed by atoms with Crippen molar-refractivity contribution < 1.29 is 35.1 Å². The van der Waals surface area contributed by atoms with Crippen LogP contribution in [-0.4, -0.2) is 11.2 Å². The molecule has 0 aromatic carbocycles. The van der Waals surface area contributed by atoms with Crippen LogP contribution in [0.2, 0.25) is 0 Å².